The third kappa shape index (κ3) is 1.86. The van der Waals surface area contributed by atoms with Crippen molar-refractivity contribution in [1.82, 2.24) is 4.98 Å². The maximum Gasteiger partial charge on any atom is 0.140 e. The summed E-state index contributed by atoms with van der Waals surface area (Å²) in [5.41, 5.74) is 5.35. The molecule has 0 bridgehead atoms. The van der Waals surface area contributed by atoms with Crippen molar-refractivity contribution in [2.24, 2.45) is 5.73 Å². The lowest BCUT2D eigenvalue weighted by molar-refractivity contribution is 0.353. The Hall–Kier alpha value is -0.380. The molecule has 1 rings (SSSR count). The first kappa shape index (κ1) is 9.71. The summed E-state index contributed by atoms with van der Waals surface area (Å²) in [6.45, 7) is -0.135. The van der Waals surface area contributed by atoms with Gasteiger partial charge in [-0.1, -0.05) is 23.2 Å². The van der Waals surface area contributed by atoms with E-state index >= 15 is 0 Å². The highest BCUT2D eigenvalue weighted by Crippen LogP contribution is 2.30. The molecular weight excluding hydrogens is 202 g/mol. The fourth-order valence-electron chi connectivity index (χ4n) is 0.838. The zero-order valence-electron chi connectivity index (χ0n) is 6.10. The van der Waals surface area contributed by atoms with Gasteiger partial charge in [0.1, 0.15) is 6.17 Å². The topological polar surface area (TPSA) is 38.9 Å². The Kier molecular flexibility index (Phi) is 3.26. The lowest BCUT2D eigenvalue weighted by Gasteiger charge is -2.08. The maximum atomic E-state index is 13.1. The average Bonchev–Trinajstić information content (AvgIpc) is 2.03. The van der Waals surface area contributed by atoms with E-state index in [-0.39, 0.29) is 22.2 Å². The van der Waals surface area contributed by atoms with Gasteiger partial charge in [0, 0.05) is 24.5 Å². The fraction of sp³-hybridized carbons (Fsp3) is 0.286. The second-order valence-corrected chi connectivity index (χ2v) is 3.03. The summed E-state index contributed by atoms with van der Waals surface area (Å²) >= 11 is 11.3. The minimum absolute atomic E-state index is 0.135. The molecule has 1 atom stereocenters. The van der Waals surface area contributed by atoms with Gasteiger partial charge in [0.05, 0.1) is 10.0 Å². The number of rotatable bonds is 2. The van der Waals surface area contributed by atoms with Gasteiger partial charge in [0.2, 0.25) is 0 Å². The SMILES string of the molecule is NCC(F)c1c(Cl)cncc1Cl. The molecule has 1 aromatic rings. The molecule has 0 fully saturated rings. The van der Waals surface area contributed by atoms with E-state index in [0.29, 0.717) is 0 Å². The van der Waals surface area contributed by atoms with Gasteiger partial charge >= 0.3 is 0 Å². The Balaban J connectivity index is 3.12. The van der Waals surface area contributed by atoms with Gasteiger partial charge in [-0.3, -0.25) is 4.98 Å². The zero-order chi connectivity index (χ0) is 9.14. The molecule has 0 radical (unpaired) electrons. The molecule has 0 saturated heterocycles. The first-order valence-electron chi connectivity index (χ1n) is 3.30. The lowest BCUT2D eigenvalue weighted by atomic mass is 10.2. The summed E-state index contributed by atoms with van der Waals surface area (Å²) < 4.78 is 13.1. The molecule has 1 unspecified atom stereocenters. The van der Waals surface area contributed by atoms with Gasteiger partial charge in [-0.05, 0) is 0 Å². The molecule has 12 heavy (non-hydrogen) atoms. The second-order valence-electron chi connectivity index (χ2n) is 2.22. The van der Waals surface area contributed by atoms with Crippen molar-refractivity contribution in [3.63, 3.8) is 0 Å². The molecule has 1 aromatic heterocycles. The van der Waals surface area contributed by atoms with E-state index in [1.54, 1.807) is 0 Å². The highest BCUT2D eigenvalue weighted by molar-refractivity contribution is 6.35. The van der Waals surface area contributed by atoms with E-state index in [2.05, 4.69) is 4.98 Å². The van der Waals surface area contributed by atoms with Crippen LogP contribution in [0.4, 0.5) is 4.39 Å². The van der Waals surface area contributed by atoms with Crippen LogP contribution in [0.2, 0.25) is 10.0 Å². The Morgan fingerprint density at radius 1 is 1.42 bits per heavy atom. The summed E-state index contributed by atoms with van der Waals surface area (Å²) in [6.07, 6.45) is 1.35. The van der Waals surface area contributed by atoms with Gasteiger partial charge in [0.15, 0.2) is 0 Å². The van der Waals surface area contributed by atoms with Crippen LogP contribution >= 0.6 is 23.2 Å². The van der Waals surface area contributed by atoms with Crippen LogP contribution in [0.25, 0.3) is 0 Å². The van der Waals surface area contributed by atoms with Gasteiger partial charge in [-0.15, -0.1) is 0 Å². The first-order valence-corrected chi connectivity index (χ1v) is 4.05. The summed E-state index contributed by atoms with van der Waals surface area (Å²) in [6, 6.07) is 0. The molecule has 0 spiro atoms. The molecule has 0 aliphatic heterocycles. The zero-order valence-corrected chi connectivity index (χ0v) is 7.61. The lowest BCUT2D eigenvalue weighted by Crippen LogP contribution is -2.08. The second kappa shape index (κ2) is 4.03. The largest absolute Gasteiger partial charge is 0.327 e. The number of halogens is 3. The monoisotopic (exact) mass is 208 g/mol. The number of pyridine rings is 1. The van der Waals surface area contributed by atoms with Crippen LogP contribution in [0, 0.1) is 0 Å². The molecule has 2 N–H and O–H groups in total. The number of hydrogen-bond donors (Lipinski definition) is 1. The van der Waals surface area contributed by atoms with Crippen molar-refractivity contribution in [3.8, 4) is 0 Å². The number of alkyl halides is 1. The number of hydrogen-bond acceptors (Lipinski definition) is 2. The van der Waals surface area contributed by atoms with E-state index in [1.165, 1.54) is 12.4 Å². The van der Waals surface area contributed by atoms with Gasteiger partial charge in [0.25, 0.3) is 0 Å². The van der Waals surface area contributed by atoms with Crippen molar-refractivity contribution in [2.75, 3.05) is 6.54 Å². The first-order chi connectivity index (χ1) is 5.66. The Bertz CT molecular complexity index is 260. The van der Waals surface area contributed by atoms with E-state index in [0.717, 1.165) is 0 Å². The van der Waals surface area contributed by atoms with Crippen molar-refractivity contribution in [1.29, 1.82) is 0 Å². The molecule has 5 heteroatoms. The van der Waals surface area contributed by atoms with Crippen LogP contribution in [0.3, 0.4) is 0 Å². The maximum absolute atomic E-state index is 13.1. The van der Waals surface area contributed by atoms with Gasteiger partial charge in [-0.25, -0.2) is 4.39 Å². The van der Waals surface area contributed by atoms with Crippen LogP contribution in [-0.4, -0.2) is 11.5 Å². The number of nitrogens with two attached hydrogens (primary N) is 1. The van der Waals surface area contributed by atoms with Crippen LogP contribution in [0.1, 0.15) is 11.7 Å². The van der Waals surface area contributed by atoms with Crippen LogP contribution in [-0.2, 0) is 0 Å². The molecule has 0 saturated carbocycles. The van der Waals surface area contributed by atoms with Gasteiger partial charge < -0.3 is 5.73 Å². The predicted molar refractivity (Wildman–Crippen MR) is 47.2 cm³/mol. The van der Waals surface area contributed by atoms with Crippen molar-refractivity contribution < 1.29 is 4.39 Å². The van der Waals surface area contributed by atoms with Crippen LogP contribution in [0.5, 0.6) is 0 Å². The van der Waals surface area contributed by atoms with Crippen LogP contribution < -0.4 is 5.73 Å². The van der Waals surface area contributed by atoms with Crippen molar-refractivity contribution in [3.05, 3.63) is 28.0 Å². The molecule has 66 valence electrons. The standard InChI is InChI=1S/C7H7Cl2FN2/c8-4-2-12-3-5(9)7(4)6(10)1-11/h2-3,6H,1,11H2. The molecule has 0 amide bonds. The van der Waals surface area contributed by atoms with Crippen molar-refractivity contribution >= 4 is 23.2 Å². The smallest absolute Gasteiger partial charge is 0.140 e. The third-order valence-electron chi connectivity index (χ3n) is 1.41. The highest BCUT2D eigenvalue weighted by atomic mass is 35.5. The van der Waals surface area contributed by atoms with Gasteiger partial charge in [-0.2, -0.15) is 0 Å². The van der Waals surface area contributed by atoms with Crippen molar-refractivity contribution in [2.45, 2.75) is 6.17 Å². The third-order valence-corrected chi connectivity index (χ3v) is 2.01. The molecule has 0 aromatic carbocycles. The molecule has 0 aliphatic rings. The molecular formula is C7H7Cl2FN2. The molecule has 0 aliphatic carbocycles. The van der Waals surface area contributed by atoms with E-state index in [9.17, 15) is 4.39 Å². The quantitative estimate of drug-likeness (QED) is 0.811. The minimum atomic E-state index is -1.33. The Morgan fingerprint density at radius 2 is 1.92 bits per heavy atom. The fourth-order valence-corrected chi connectivity index (χ4v) is 1.44. The summed E-state index contributed by atoms with van der Waals surface area (Å²) in [5.74, 6) is 0. The van der Waals surface area contributed by atoms with E-state index < -0.39 is 6.17 Å². The Morgan fingerprint density at radius 3 is 2.33 bits per heavy atom. The predicted octanol–water partition coefficient (Wildman–Crippen LogP) is 2.36. The number of nitrogens with zero attached hydrogens (tertiary/aromatic N) is 1. The minimum Gasteiger partial charge on any atom is -0.327 e. The molecule has 1 heterocycles. The summed E-state index contributed by atoms with van der Waals surface area (Å²) in [7, 11) is 0. The number of aromatic nitrogens is 1. The summed E-state index contributed by atoms with van der Waals surface area (Å²) in [5, 5.41) is 0.418. The van der Waals surface area contributed by atoms with Crippen LogP contribution in [0.15, 0.2) is 12.4 Å². The summed E-state index contributed by atoms with van der Waals surface area (Å²) in [4.78, 5) is 3.69. The highest BCUT2D eigenvalue weighted by Gasteiger charge is 2.15. The average molecular weight is 209 g/mol. The molecule has 2 nitrogen and oxygen atoms in total. The Labute approximate surface area is 79.5 Å². The van der Waals surface area contributed by atoms with E-state index in [1.807, 2.05) is 0 Å². The van der Waals surface area contributed by atoms with E-state index in [4.69, 9.17) is 28.9 Å². The normalized spacial score (nSPS) is 13.0.